The van der Waals surface area contributed by atoms with Gasteiger partial charge in [0, 0.05) is 24.7 Å². The van der Waals surface area contributed by atoms with Gasteiger partial charge in [0.05, 0.1) is 18.7 Å². The average molecular weight is 356 g/mol. The van der Waals surface area contributed by atoms with Gasteiger partial charge in [-0.15, -0.1) is 0 Å². The molecule has 2 heterocycles. The van der Waals surface area contributed by atoms with Gasteiger partial charge < -0.3 is 15.4 Å². The predicted octanol–water partition coefficient (Wildman–Crippen LogP) is 2.62. The Morgan fingerprint density at radius 1 is 1.38 bits per heavy atom. The molecular weight excluding hydrogens is 332 g/mol. The zero-order chi connectivity index (χ0) is 18.8. The number of fused-ring (bicyclic) bond motifs is 1. The second kappa shape index (κ2) is 7.19. The number of hydrogen-bond donors (Lipinski definition) is 2. The maximum absolute atomic E-state index is 13.0. The first kappa shape index (κ1) is 18.0. The normalized spacial score (nSPS) is 16.0. The van der Waals surface area contributed by atoms with Crippen molar-refractivity contribution in [2.75, 3.05) is 17.7 Å². The van der Waals surface area contributed by atoms with Crippen molar-refractivity contribution in [3.8, 4) is 5.75 Å². The minimum atomic E-state index is -0.571. The van der Waals surface area contributed by atoms with Crippen LogP contribution < -0.4 is 15.4 Å². The molecular formula is C19H24N4O3. The number of nitrogens with one attached hydrogen (secondary N) is 2. The summed E-state index contributed by atoms with van der Waals surface area (Å²) < 4.78 is 6.97. The van der Waals surface area contributed by atoms with E-state index in [0.29, 0.717) is 17.3 Å². The zero-order valence-corrected chi connectivity index (χ0v) is 15.5. The molecule has 0 bridgehead atoms. The van der Waals surface area contributed by atoms with Gasteiger partial charge in [0.1, 0.15) is 11.6 Å². The third kappa shape index (κ3) is 3.16. The molecule has 0 aliphatic carbocycles. The van der Waals surface area contributed by atoms with Crippen LogP contribution in [0.25, 0.3) is 0 Å². The first-order valence-corrected chi connectivity index (χ1v) is 8.81. The number of benzene rings is 1. The van der Waals surface area contributed by atoms with Gasteiger partial charge >= 0.3 is 0 Å². The van der Waals surface area contributed by atoms with Crippen molar-refractivity contribution >= 4 is 23.3 Å². The second-order valence-electron chi connectivity index (χ2n) is 6.35. The highest BCUT2D eigenvalue weighted by atomic mass is 16.5. The molecule has 1 aromatic carbocycles. The molecule has 2 N–H and O–H groups in total. The number of carbonyl (C=O) groups excluding carboxylic acids is 2. The summed E-state index contributed by atoms with van der Waals surface area (Å²) in [5, 5.41) is 10.3. The van der Waals surface area contributed by atoms with E-state index in [1.807, 2.05) is 20.9 Å². The highest BCUT2D eigenvalue weighted by molar-refractivity contribution is 6.05. The highest BCUT2D eigenvalue weighted by Gasteiger charge is 2.32. The lowest BCUT2D eigenvalue weighted by atomic mass is 9.89. The zero-order valence-electron chi connectivity index (χ0n) is 15.5. The van der Waals surface area contributed by atoms with E-state index in [1.165, 1.54) is 0 Å². The Bertz CT molecular complexity index is 857. The van der Waals surface area contributed by atoms with Crippen molar-refractivity contribution < 1.29 is 14.3 Å². The van der Waals surface area contributed by atoms with Crippen LogP contribution in [0, 0.1) is 0 Å². The monoisotopic (exact) mass is 356 g/mol. The standard InChI is InChI=1S/C19H24N4O3/c1-5-12-15(6-2)22-23(3)18(12)21-19(25)14-10-17(24)20-16-8-7-11(26-4)9-13(14)16/h7-9,14H,5-6,10H2,1-4H3,(H,20,24)(H,21,25). The van der Waals surface area contributed by atoms with Gasteiger partial charge in [-0.05, 0) is 36.6 Å². The van der Waals surface area contributed by atoms with E-state index in [2.05, 4.69) is 15.7 Å². The van der Waals surface area contributed by atoms with E-state index in [9.17, 15) is 9.59 Å². The largest absolute Gasteiger partial charge is 0.497 e. The lowest BCUT2D eigenvalue weighted by Gasteiger charge is -2.25. The number of aromatic nitrogens is 2. The Hall–Kier alpha value is -2.83. The summed E-state index contributed by atoms with van der Waals surface area (Å²) in [6, 6.07) is 5.34. The van der Waals surface area contributed by atoms with Crippen molar-refractivity contribution in [1.82, 2.24) is 9.78 Å². The van der Waals surface area contributed by atoms with Gasteiger partial charge in [0.2, 0.25) is 11.8 Å². The summed E-state index contributed by atoms with van der Waals surface area (Å²) in [5.74, 6) is 0.400. The Morgan fingerprint density at radius 2 is 2.15 bits per heavy atom. The van der Waals surface area contributed by atoms with E-state index in [0.717, 1.165) is 29.7 Å². The van der Waals surface area contributed by atoms with Crippen LogP contribution in [-0.4, -0.2) is 28.7 Å². The molecule has 2 amide bonds. The van der Waals surface area contributed by atoms with Crippen LogP contribution in [-0.2, 0) is 29.5 Å². The quantitative estimate of drug-likeness (QED) is 0.862. The van der Waals surface area contributed by atoms with Gasteiger partial charge in [0.25, 0.3) is 0 Å². The van der Waals surface area contributed by atoms with Crippen molar-refractivity contribution in [2.24, 2.45) is 7.05 Å². The SMILES string of the molecule is CCc1nn(C)c(NC(=O)C2CC(=O)Nc3ccc(OC)cc32)c1CC. The van der Waals surface area contributed by atoms with E-state index < -0.39 is 5.92 Å². The smallest absolute Gasteiger partial charge is 0.233 e. The lowest BCUT2D eigenvalue weighted by molar-refractivity contribution is -0.123. The van der Waals surface area contributed by atoms with Crippen molar-refractivity contribution in [3.05, 3.63) is 35.0 Å². The molecule has 0 saturated carbocycles. The number of anilines is 2. The molecule has 0 saturated heterocycles. The topological polar surface area (TPSA) is 85.2 Å². The van der Waals surface area contributed by atoms with E-state index >= 15 is 0 Å². The van der Waals surface area contributed by atoms with E-state index in [1.54, 1.807) is 30.0 Å². The Kier molecular flexibility index (Phi) is 4.97. The minimum Gasteiger partial charge on any atom is -0.497 e. The summed E-state index contributed by atoms with van der Waals surface area (Å²) in [4.78, 5) is 25.1. The molecule has 0 radical (unpaired) electrons. The molecule has 0 fully saturated rings. The van der Waals surface area contributed by atoms with Gasteiger partial charge in [-0.1, -0.05) is 13.8 Å². The van der Waals surface area contributed by atoms with Gasteiger partial charge in [-0.3, -0.25) is 14.3 Å². The van der Waals surface area contributed by atoms with Crippen LogP contribution in [0.3, 0.4) is 0 Å². The van der Waals surface area contributed by atoms with Crippen LogP contribution >= 0.6 is 0 Å². The first-order chi connectivity index (χ1) is 12.5. The average Bonchev–Trinajstić information content (AvgIpc) is 2.95. The number of rotatable bonds is 5. The van der Waals surface area contributed by atoms with Crippen LogP contribution in [0.15, 0.2) is 18.2 Å². The molecule has 0 spiro atoms. The molecule has 7 heteroatoms. The molecule has 1 unspecified atom stereocenters. The molecule has 7 nitrogen and oxygen atoms in total. The maximum atomic E-state index is 13.0. The highest BCUT2D eigenvalue weighted by Crippen LogP contribution is 2.36. The number of carbonyl (C=O) groups is 2. The minimum absolute atomic E-state index is 0.103. The Balaban J connectivity index is 1.94. The fourth-order valence-electron chi connectivity index (χ4n) is 3.44. The number of methoxy groups -OCH3 is 1. The number of nitrogens with zero attached hydrogens (tertiary/aromatic N) is 2. The van der Waals surface area contributed by atoms with Crippen LogP contribution in [0.4, 0.5) is 11.5 Å². The molecule has 26 heavy (non-hydrogen) atoms. The van der Waals surface area contributed by atoms with Crippen molar-refractivity contribution in [3.63, 3.8) is 0 Å². The summed E-state index contributed by atoms with van der Waals surface area (Å²) >= 11 is 0. The van der Waals surface area contributed by atoms with Crippen LogP contribution in [0.2, 0.25) is 0 Å². The van der Waals surface area contributed by atoms with Gasteiger partial charge in [-0.2, -0.15) is 5.10 Å². The van der Waals surface area contributed by atoms with Crippen molar-refractivity contribution in [2.45, 2.75) is 39.0 Å². The fourth-order valence-corrected chi connectivity index (χ4v) is 3.44. The van der Waals surface area contributed by atoms with Crippen LogP contribution in [0.5, 0.6) is 5.75 Å². The number of ether oxygens (including phenoxy) is 1. The second-order valence-corrected chi connectivity index (χ2v) is 6.35. The number of aryl methyl sites for hydroxylation is 2. The first-order valence-electron chi connectivity index (χ1n) is 8.81. The molecule has 2 aromatic rings. The number of amides is 2. The summed E-state index contributed by atoms with van der Waals surface area (Å²) in [7, 11) is 3.39. The molecule has 1 aromatic heterocycles. The molecule has 138 valence electrons. The van der Waals surface area contributed by atoms with Crippen LogP contribution in [0.1, 0.15) is 43.0 Å². The van der Waals surface area contributed by atoms with Gasteiger partial charge in [0.15, 0.2) is 0 Å². The summed E-state index contributed by atoms with van der Waals surface area (Å²) in [6.07, 6.45) is 1.69. The molecule has 3 rings (SSSR count). The Labute approximate surface area is 152 Å². The third-order valence-corrected chi connectivity index (χ3v) is 4.77. The lowest BCUT2D eigenvalue weighted by Crippen LogP contribution is -2.31. The van der Waals surface area contributed by atoms with Crippen molar-refractivity contribution in [1.29, 1.82) is 0 Å². The Morgan fingerprint density at radius 3 is 2.81 bits per heavy atom. The fraction of sp³-hybridized carbons (Fsp3) is 0.421. The molecule has 1 atom stereocenters. The van der Waals surface area contributed by atoms with Gasteiger partial charge in [-0.25, -0.2) is 0 Å². The third-order valence-electron chi connectivity index (χ3n) is 4.77. The van der Waals surface area contributed by atoms with E-state index in [-0.39, 0.29) is 18.2 Å². The summed E-state index contributed by atoms with van der Waals surface area (Å²) in [6.45, 7) is 4.08. The maximum Gasteiger partial charge on any atom is 0.233 e. The predicted molar refractivity (Wildman–Crippen MR) is 99.6 cm³/mol. The number of hydrogen-bond acceptors (Lipinski definition) is 4. The molecule has 1 aliphatic heterocycles. The summed E-state index contributed by atoms with van der Waals surface area (Å²) in [5.41, 5.74) is 3.43. The van der Waals surface area contributed by atoms with E-state index in [4.69, 9.17) is 4.74 Å². The molecule has 1 aliphatic rings.